The molecular formula is C72H119O11P. The molecule has 0 rings (SSSR count). The van der Waals surface area contributed by atoms with Gasteiger partial charge in [-0.25, -0.2) is 4.57 Å². The summed E-state index contributed by atoms with van der Waals surface area (Å²) in [7, 11) is -4.78. The molecule has 3 unspecified atom stereocenters. The standard InChI is InChI=1S/C72H119O11P/c1-4-7-10-13-16-19-22-25-28-31-34-37-40-43-46-49-52-55-58-61-70(74)79-65-69(83-72(76)63-60-57-54-51-48-45-42-39-36-33-30-27-24-21-18-15-12-9-6-3)67-81-84(77,78)80-66-68(64-73)82-71(75)62-59-56-53-50-47-44-41-38-35-32-29-26-23-20-17-14-11-8-5-2/h7,9-10,12,16-21,25-30,34,36-37,39,43,46,68-69,73H,4-6,8,11,13-15,22-24,31-33,35,38,40-42,44-45,47-67H2,1-3H3,(H,77,78)/b10-7-,12-9-,19-16-,20-17-,21-18-,28-25-,29-26-,30-27-,37-34-,39-36-,46-43-. The zero-order valence-corrected chi connectivity index (χ0v) is 54.0. The number of hydrogen-bond donors (Lipinski definition) is 2. The summed E-state index contributed by atoms with van der Waals surface area (Å²) in [4.78, 5) is 48.8. The number of esters is 3. The monoisotopic (exact) mass is 1190 g/mol. The normalized spacial score (nSPS) is 14.1. The van der Waals surface area contributed by atoms with Crippen LogP contribution in [0.5, 0.6) is 0 Å². The lowest BCUT2D eigenvalue weighted by Crippen LogP contribution is -2.30. The number of hydrogen-bond acceptors (Lipinski definition) is 10. The zero-order valence-electron chi connectivity index (χ0n) is 53.1. The third kappa shape index (κ3) is 62.2. The van der Waals surface area contributed by atoms with E-state index >= 15 is 0 Å². The molecule has 0 amide bonds. The number of rotatable bonds is 60. The largest absolute Gasteiger partial charge is 0.472 e. The Morgan fingerprint density at radius 1 is 0.345 bits per heavy atom. The van der Waals surface area contributed by atoms with Crippen LogP contribution in [0.25, 0.3) is 0 Å². The number of aliphatic hydroxyl groups is 1. The van der Waals surface area contributed by atoms with Crippen molar-refractivity contribution in [1.29, 1.82) is 0 Å². The molecule has 478 valence electrons. The Morgan fingerprint density at radius 2 is 0.619 bits per heavy atom. The first-order chi connectivity index (χ1) is 41.2. The van der Waals surface area contributed by atoms with Crippen molar-refractivity contribution in [1.82, 2.24) is 0 Å². The average Bonchev–Trinajstić information content (AvgIpc) is 3.55. The topological polar surface area (TPSA) is 155 Å². The second-order valence-corrected chi connectivity index (χ2v) is 23.0. The minimum absolute atomic E-state index is 0.137. The molecule has 0 radical (unpaired) electrons. The number of ether oxygens (including phenoxy) is 3. The van der Waals surface area contributed by atoms with Crippen LogP contribution in [-0.4, -0.2) is 66.5 Å². The maximum Gasteiger partial charge on any atom is 0.472 e. The highest BCUT2D eigenvalue weighted by Gasteiger charge is 2.28. The van der Waals surface area contributed by atoms with Crippen LogP contribution >= 0.6 is 7.82 Å². The van der Waals surface area contributed by atoms with Crippen molar-refractivity contribution in [3.05, 3.63) is 134 Å². The van der Waals surface area contributed by atoms with E-state index in [1.165, 1.54) is 57.8 Å². The SMILES string of the molecule is CC/C=C\C/C=C\C/C=C\C/C=C\C/C=C\CCCCCC(=O)OCC(COP(=O)(O)OCC(CO)OC(=O)CCCCCCCCCCC/C=C\C/C=C\CCCCC)OC(=O)CCCCCCCC/C=C\C/C=C\C/C=C\C/C=C\CC. The molecule has 11 nitrogen and oxygen atoms in total. The van der Waals surface area contributed by atoms with E-state index in [4.69, 9.17) is 23.3 Å². The minimum Gasteiger partial charge on any atom is -0.462 e. The van der Waals surface area contributed by atoms with Crippen molar-refractivity contribution in [2.45, 2.75) is 277 Å². The van der Waals surface area contributed by atoms with Crippen LogP contribution in [-0.2, 0) is 42.2 Å². The molecule has 0 bridgehead atoms. The van der Waals surface area contributed by atoms with Crippen molar-refractivity contribution in [2.75, 3.05) is 26.4 Å². The zero-order chi connectivity index (χ0) is 61.2. The van der Waals surface area contributed by atoms with E-state index < -0.39 is 57.8 Å². The van der Waals surface area contributed by atoms with Gasteiger partial charge in [-0.1, -0.05) is 244 Å². The van der Waals surface area contributed by atoms with Crippen molar-refractivity contribution in [2.24, 2.45) is 0 Å². The van der Waals surface area contributed by atoms with E-state index in [-0.39, 0.29) is 25.9 Å². The van der Waals surface area contributed by atoms with E-state index in [9.17, 15) is 28.9 Å². The number of aliphatic hydroxyl groups excluding tert-OH is 1. The van der Waals surface area contributed by atoms with Crippen LogP contribution in [0.1, 0.15) is 265 Å². The van der Waals surface area contributed by atoms with Crippen molar-refractivity contribution >= 4 is 25.7 Å². The fraction of sp³-hybridized carbons (Fsp3) is 0.653. The first-order valence-electron chi connectivity index (χ1n) is 33.1. The Bertz CT molecular complexity index is 1920. The molecule has 84 heavy (non-hydrogen) atoms. The van der Waals surface area contributed by atoms with Crippen LogP contribution in [0.2, 0.25) is 0 Å². The van der Waals surface area contributed by atoms with Gasteiger partial charge >= 0.3 is 25.7 Å². The Kier molecular flexibility index (Phi) is 61.2. The van der Waals surface area contributed by atoms with Gasteiger partial charge in [0.1, 0.15) is 12.7 Å². The summed E-state index contributed by atoms with van der Waals surface area (Å²) in [5.41, 5.74) is 0. The molecule has 0 aromatic heterocycles. The van der Waals surface area contributed by atoms with Crippen LogP contribution in [0.15, 0.2) is 134 Å². The van der Waals surface area contributed by atoms with E-state index in [0.717, 1.165) is 148 Å². The molecule has 0 fully saturated rings. The van der Waals surface area contributed by atoms with Crippen molar-refractivity contribution in [3.8, 4) is 0 Å². The van der Waals surface area contributed by atoms with Gasteiger partial charge in [-0.05, 0) is 135 Å². The van der Waals surface area contributed by atoms with E-state index in [1.54, 1.807) is 0 Å². The third-order valence-electron chi connectivity index (χ3n) is 13.5. The van der Waals surface area contributed by atoms with E-state index in [1.807, 2.05) is 0 Å². The summed E-state index contributed by atoms with van der Waals surface area (Å²) in [5.74, 6) is -1.53. The molecule has 0 aliphatic heterocycles. The molecule has 0 saturated carbocycles. The van der Waals surface area contributed by atoms with E-state index in [0.29, 0.717) is 19.3 Å². The lowest BCUT2D eigenvalue weighted by molar-refractivity contribution is -0.161. The van der Waals surface area contributed by atoms with Gasteiger partial charge < -0.3 is 24.2 Å². The van der Waals surface area contributed by atoms with Crippen LogP contribution in [0, 0.1) is 0 Å². The van der Waals surface area contributed by atoms with Crippen LogP contribution < -0.4 is 0 Å². The fourth-order valence-electron chi connectivity index (χ4n) is 8.58. The van der Waals surface area contributed by atoms with Gasteiger partial charge in [-0.3, -0.25) is 23.4 Å². The van der Waals surface area contributed by atoms with Gasteiger partial charge in [0.05, 0.1) is 19.8 Å². The molecule has 0 aromatic carbocycles. The Morgan fingerprint density at radius 3 is 0.964 bits per heavy atom. The predicted octanol–water partition coefficient (Wildman–Crippen LogP) is 20.5. The van der Waals surface area contributed by atoms with Crippen LogP contribution in [0.4, 0.5) is 0 Å². The Hall–Kier alpha value is -4.38. The summed E-state index contributed by atoms with van der Waals surface area (Å²) in [6.45, 7) is 4.35. The molecule has 3 atom stereocenters. The van der Waals surface area contributed by atoms with Gasteiger partial charge in [0.15, 0.2) is 6.10 Å². The Balaban J connectivity index is 4.78. The van der Waals surface area contributed by atoms with Gasteiger partial charge in [-0.2, -0.15) is 0 Å². The van der Waals surface area contributed by atoms with Gasteiger partial charge in [0.25, 0.3) is 0 Å². The highest BCUT2D eigenvalue weighted by molar-refractivity contribution is 7.47. The minimum atomic E-state index is -4.78. The molecule has 12 heteroatoms. The summed E-state index contributed by atoms with van der Waals surface area (Å²) < 4.78 is 39.7. The van der Waals surface area contributed by atoms with Crippen molar-refractivity contribution in [3.63, 3.8) is 0 Å². The highest BCUT2D eigenvalue weighted by atomic mass is 31.2. The summed E-state index contributed by atoms with van der Waals surface area (Å²) >= 11 is 0. The number of carbonyl (C=O) groups excluding carboxylic acids is 3. The second kappa shape index (κ2) is 64.6. The predicted molar refractivity (Wildman–Crippen MR) is 353 cm³/mol. The van der Waals surface area contributed by atoms with Crippen LogP contribution in [0.3, 0.4) is 0 Å². The maximum absolute atomic E-state index is 13.0. The highest BCUT2D eigenvalue weighted by Crippen LogP contribution is 2.43. The quantitative estimate of drug-likeness (QED) is 0.0197. The number of carbonyl (C=O) groups is 3. The lowest BCUT2D eigenvalue weighted by atomic mass is 10.1. The average molecular weight is 1190 g/mol. The number of phosphoric acid groups is 1. The summed E-state index contributed by atoms with van der Waals surface area (Å²) in [5, 5.41) is 9.87. The summed E-state index contributed by atoms with van der Waals surface area (Å²) in [6.07, 6.45) is 82.5. The van der Waals surface area contributed by atoms with Crippen molar-refractivity contribution < 1.29 is 52.2 Å². The first-order valence-corrected chi connectivity index (χ1v) is 34.6. The van der Waals surface area contributed by atoms with Gasteiger partial charge in [-0.15, -0.1) is 0 Å². The molecule has 0 aliphatic carbocycles. The van der Waals surface area contributed by atoms with Gasteiger partial charge in [0.2, 0.25) is 0 Å². The molecule has 0 spiro atoms. The Labute approximate surface area is 512 Å². The number of unbranched alkanes of at least 4 members (excludes halogenated alkanes) is 21. The number of phosphoric ester groups is 1. The fourth-order valence-corrected chi connectivity index (χ4v) is 9.36. The molecule has 0 heterocycles. The number of allylic oxidation sites excluding steroid dienone is 22. The smallest absolute Gasteiger partial charge is 0.462 e. The van der Waals surface area contributed by atoms with Gasteiger partial charge in [0, 0.05) is 19.3 Å². The maximum atomic E-state index is 13.0. The molecular weight excluding hydrogens is 1070 g/mol. The third-order valence-corrected chi connectivity index (χ3v) is 14.5. The second-order valence-electron chi connectivity index (χ2n) is 21.5. The first kappa shape index (κ1) is 79.6. The molecule has 2 N–H and O–H groups in total. The van der Waals surface area contributed by atoms with E-state index in [2.05, 4.69) is 154 Å². The molecule has 0 aromatic rings. The lowest BCUT2D eigenvalue weighted by Gasteiger charge is -2.21. The molecule has 0 aliphatic rings. The molecule has 0 saturated heterocycles. The summed E-state index contributed by atoms with van der Waals surface area (Å²) in [6, 6.07) is 0.